The molecule has 0 radical (unpaired) electrons. The van der Waals surface area contributed by atoms with Crippen LogP contribution in [0.15, 0.2) is 42.5 Å². The molecule has 0 bridgehead atoms. The molecule has 1 fully saturated rings. The number of piperidine rings is 1. The minimum absolute atomic E-state index is 0.0798. The number of fused-ring (bicyclic) bond motifs is 1. The summed E-state index contributed by atoms with van der Waals surface area (Å²) in [6.45, 7) is 1.85. The normalized spacial score (nSPS) is 17.1. The SMILES string of the molecule is O=C(Nc1ccc(C2CCN(S(=O)(=O)CCOCCO)CC2)cc1)N1Cc2ccc(F)cc2C1. The van der Waals surface area contributed by atoms with Gasteiger partial charge in [-0.05, 0) is 59.7 Å². The smallest absolute Gasteiger partial charge is 0.322 e. The lowest BCUT2D eigenvalue weighted by atomic mass is 9.90. The number of urea groups is 1. The van der Waals surface area contributed by atoms with Crippen molar-refractivity contribution in [1.29, 1.82) is 0 Å². The quantitative estimate of drug-likeness (QED) is 0.554. The lowest BCUT2D eigenvalue weighted by Crippen LogP contribution is -2.40. The van der Waals surface area contributed by atoms with Gasteiger partial charge in [0, 0.05) is 31.9 Å². The maximum absolute atomic E-state index is 13.4. The van der Waals surface area contributed by atoms with Crippen LogP contribution >= 0.6 is 0 Å². The maximum atomic E-state index is 13.4. The molecule has 0 aromatic heterocycles. The third-order valence-electron chi connectivity index (χ3n) is 6.38. The first-order valence-corrected chi connectivity index (χ1v) is 13.1. The van der Waals surface area contributed by atoms with Crippen molar-refractivity contribution < 1.29 is 27.4 Å². The van der Waals surface area contributed by atoms with Gasteiger partial charge in [-0.3, -0.25) is 0 Å². The van der Waals surface area contributed by atoms with Gasteiger partial charge in [-0.15, -0.1) is 0 Å². The first-order valence-electron chi connectivity index (χ1n) is 11.5. The third kappa shape index (κ3) is 5.93. The van der Waals surface area contributed by atoms with Gasteiger partial charge < -0.3 is 20.1 Å². The zero-order chi connectivity index (χ0) is 24.1. The number of carbonyl (C=O) groups excluding carboxylic acids is 1. The van der Waals surface area contributed by atoms with Gasteiger partial charge in [-0.25, -0.2) is 21.9 Å². The number of aliphatic hydroxyl groups excluding tert-OH is 1. The summed E-state index contributed by atoms with van der Waals surface area (Å²) in [5, 5.41) is 11.6. The minimum atomic E-state index is -3.37. The van der Waals surface area contributed by atoms with Crippen molar-refractivity contribution >= 4 is 21.7 Å². The minimum Gasteiger partial charge on any atom is -0.394 e. The van der Waals surface area contributed by atoms with Gasteiger partial charge in [-0.2, -0.15) is 0 Å². The number of amides is 2. The molecule has 2 aliphatic heterocycles. The highest BCUT2D eigenvalue weighted by Crippen LogP contribution is 2.30. The molecular weight excluding hydrogens is 461 g/mol. The number of benzene rings is 2. The van der Waals surface area contributed by atoms with E-state index in [1.165, 1.54) is 16.4 Å². The van der Waals surface area contributed by atoms with Crippen LogP contribution in [-0.4, -0.2) is 67.4 Å². The molecule has 2 N–H and O–H groups in total. The van der Waals surface area contributed by atoms with Crippen molar-refractivity contribution in [2.24, 2.45) is 0 Å². The van der Waals surface area contributed by atoms with Crippen molar-refractivity contribution in [2.45, 2.75) is 31.8 Å². The van der Waals surface area contributed by atoms with E-state index in [2.05, 4.69) is 5.32 Å². The lowest BCUT2D eigenvalue weighted by molar-refractivity contribution is 0.102. The standard InChI is InChI=1S/C24H30FN3O5S/c25-22-4-1-20-16-27(17-21(20)15-22)24(30)26-23-5-2-18(3-6-23)19-7-9-28(10-8-19)34(31,32)14-13-33-12-11-29/h1-6,15,19,29H,7-14,16-17H2,(H,26,30). The zero-order valence-electron chi connectivity index (χ0n) is 19.0. The van der Waals surface area contributed by atoms with E-state index in [0.717, 1.165) is 29.5 Å². The topological polar surface area (TPSA) is 99.2 Å². The van der Waals surface area contributed by atoms with E-state index in [-0.39, 0.29) is 43.3 Å². The number of hydrogen-bond acceptors (Lipinski definition) is 5. The number of carbonyl (C=O) groups is 1. The Morgan fingerprint density at radius 1 is 1.06 bits per heavy atom. The molecule has 2 amide bonds. The van der Waals surface area contributed by atoms with Crippen LogP contribution in [0.4, 0.5) is 14.9 Å². The second kappa shape index (κ2) is 10.8. The van der Waals surface area contributed by atoms with E-state index >= 15 is 0 Å². The molecule has 10 heteroatoms. The van der Waals surface area contributed by atoms with Crippen LogP contribution in [0.25, 0.3) is 0 Å². The molecule has 0 saturated carbocycles. The van der Waals surface area contributed by atoms with E-state index in [1.807, 2.05) is 24.3 Å². The number of sulfonamides is 1. The largest absolute Gasteiger partial charge is 0.394 e. The fraction of sp³-hybridized carbons (Fsp3) is 0.458. The summed E-state index contributed by atoms with van der Waals surface area (Å²) in [6, 6.07) is 12.0. The summed E-state index contributed by atoms with van der Waals surface area (Å²) in [4.78, 5) is 14.3. The highest BCUT2D eigenvalue weighted by atomic mass is 32.2. The number of anilines is 1. The molecule has 0 spiro atoms. The molecule has 1 saturated heterocycles. The van der Waals surface area contributed by atoms with Crippen LogP contribution in [0, 0.1) is 5.82 Å². The zero-order valence-corrected chi connectivity index (χ0v) is 19.8. The predicted molar refractivity (Wildman–Crippen MR) is 126 cm³/mol. The number of hydrogen-bond donors (Lipinski definition) is 2. The Labute approximate surface area is 199 Å². The van der Waals surface area contributed by atoms with Crippen molar-refractivity contribution in [1.82, 2.24) is 9.21 Å². The van der Waals surface area contributed by atoms with E-state index in [0.29, 0.717) is 31.9 Å². The van der Waals surface area contributed by atoms with E-state index in [1.54, 1.807) is 11.0 Å². The Balaban J connectivity index is 1.26. The average Bonchev–Trinajstić information content (AvgIpc) is 3.26. The Morgan fingerprint density at radius 3 is 2.47 bits per heavy atom. The molecule has 4 rings (SSSR count). The first-order chi connectivity index (χ1) is 16.4. The number of ether oxygens (including phenoxy) is 1. The number of rotatable bonds is 8. The summed E-state index contributed by atoms with van der Waals surface area (Å²) >= 11 is 0. The van der Waals surface area contributed by atoms with Gasteiger partial charge in [0.05, 0.1) is 25.6 Å². The highest BCUT2D eigenvalue weighted by Gasteiger charge is 2.28. The second-order valence-electron chi connectivity index (χ2n) is 8.65. The fourth-order valence-electron chi connectivity index (χ4n) is 4.48. The van der Waals surface area contributed by atoms with Gasteiger partial charge in [0.2, 0.25) is 10.0 Å². The molecule has 8 nitrogen and oxygen atoms in total. The van der Waals surface area contributed by atoms with Crippen LogP contribution in [0.1, 0.15) is 35.4 Å². The number of nitrogens with zero attached hydrogens (tertiary/aromatic N) is 2. The summed E-state index contributed by atoms with van der Waals surface area (Å²) in [6.07, 6.45) is 1.45. The van der Waals surface area contributed by atoms with Crippen LogP contribution in [0.3, 0.4) is 0 Å². The van der Waals surface area contributed by atoms with Crippen LogP contribution in [0.2, 0.25) is 0 Å². The van der Waals surface area contributed by atoms with Gasteiger partial charge >= 0.3 is 6.03 Å². The van der Waals surface area contributed by atoms with Crippen molar-refractivity contribution in [3.63, 3.8) is 0 Å². The highest BCUT2D eigenvalue weighted by molar-refractivity contribution is 7.89. The third-order valence-corrected chi connectivity index (χ3v) is 8.21. The average molecular weight is 492 g/mol. The summed E-state index contributed by atoms with van der Waals surface area (Å²) < 4.78 is 44.9. The Bertz CT molecular complexity index is 1100. The van der Waals surface area contributed by atoms with Gasteiger partial charge in [0.1, 0.15) is 5.82 Å². The molecule has 2 heterocycles. The lowest BCUT2D eigenvalue weighted by Gasteiger charge is -2.31. The predicted octanol–water partition coefficient (Wildman–Crippen LogP) is 2.89. The second-order valence-corrected chi connectivity index (χ2v) is 10.7. The van der Waals surface area contributed by atoms with Crippen LogP contribution < -0.4 is 5.32 Å². The Kier molecular flexibility index (Phi) is 7.82. The Hall–Kier alpha value is -2.53. The van der Waals surface area contributed by atoms with Gasteiger partial charge in [0.15, 0.2) is 0 Å². The molecule has 0 unspecified atom stereocenters. The molecule has 34 heavy (non-hydrogen) atoms. The maximum Gasteiger partial charge on any atom is 0.322 e. The van der Waals surface area contributed by atoms with Crippen LogP contribution in [0.5, 0.6) is 0 Å². The molecule has 2 aromatic carbocycles. The van der Waals surface area contributed by atoms with Crippen LogP contribution in [-0.2, 0) is 27.8 Å². The fourth-order valence-corrected chi connectivity index (χ4v) is 5.83. The monoisotopic (exact) mass is 491 g/mol. The molecular formula is C24H30FN3O5S. The molecule has 0 aliphatic carbocycles. The van der Waals surface area contributed by atoms with Gasteiger partial charge in [-0.1, -0.05) is 18.2 Å². The Morgan fingerprint density at radius 2 is 1.76 bits per heavy atom. The summed E-state index contributed by atoms with van der Waals surface area (Å²) in [5.41, 5.74) is 3.58. The molecule has 0 atom stereocenters. The van der Waals surface area contributed by atoms with E-state index in [9.17, 15) is 17.6 Å². The molecule has 2 aromatic rings. The van der Waals surface area contributed by atoms with Gasteiger partial charge in [0.25, 0.3) is 0 Å². The molecule has 2 aliphatic rings. The van der Waals surface area contributed by atoms with Crippen molar-refractivity contribution in [2.75, 3.05) is 44.0 Å². The summed E-state index contributed by atoms with van der Waals surface area (Å²) in [5.74, 6) is -0.125. The first kappa shape index (κ1) is 24.6. The number of halogens is 1. The van der Waals surface area contributed by atoms with E-state index < -0.39 is 10.0 Å². The van der Waals surface area contributed by atoms with E-state index in [4.69, 9.17) is 9.84 Å². The number of aliphatic hydroxyl groups is 1. The summed E-state index contributed by atoms with van der Waals surface area (Å²) in [7, 11) is -3.37. The van der Waals surface area contributed by atoms with Crippen molar-refractivity contribution in [3.8, 4) is 0 Å². The molecule has 184 valence electrons. The van der Waals surface area contributed by atoms with Crippen molar-refractivity contribution in [3.05, 3.63) is 65.0 Å². The number of nitrogens with one attached hydrogen (secondary N) is 1.